The fraction of sp³-hybridized carbons (Fsp3) is 0. The number of hydrogen-bond donors (Lipinski definition) is 0. The van der Waals surface area contributed by atoms with Gasteiger partial charge in [-0.3, -0.25) is 4.98 Å². The van der Waals surface area contributed by atoms with Gasteiger partial charge in [-0.05, 0) is 23.6 Å². The molecule has 0 saturated carbocycles. The summed E-state index contributed by atoms with van der Waals surface area (Å²) in [6.07, 6.45) is 20.0. The van der Waals surface area contributed by atoms with Crippen LogP contribution in [-0.4, -0.2) is 10.1 Å². The van der Waals surface area contributed by atoms with Gasteiger partial charge in [0.25, 0.3) is 12.4 Å². The van der Waals surface area contributed by atoms with Crippen LogP contribution in [-0.2, 0) is 0 Å². The lowest BCUT2D eigenvalue weighted by Gasteiger charge is -1.96. The molecule has 5 heterocycles. The van der Waals surface area contributed by atoms with Gasteiger partial charge in [0.1, 0.15) is 0 Å². The smallest absolute Gasteiger partial charge is 0.264 e. The molecular weight excluding hydrogens is 372 g/mol. The molecule has 0 aliphatic carbocycles. The van der Waals surface area contributed by atoms with Crippen LogP contribution in [0.5, 0.6) is 0 Å². The zero-order valence-corrected chi connectivity index (χ0v) is 16.1. The molecule has 5 aromatic heterocycles. The predicted molar refractivity (Wildman–Crippen MR) is 110 cm³/mol. The first-order valence-electron chi connectivity index (χ1n) is 9.73. The lowest BCUT2D eigenvalue weighted by atomic mass is 10.2. The molecule has 0 radical (unpaired) electrons. The molecule has 0 aliphatic heterocycles. The van der Waals surface area contributed by atoms with Gasteiger partial charge in [0.2, 0.25) is 29.9 Å². The summed E-state index contributed by atoms with van der Waals surface area (Å²) in [6.45, 7) is 0. The molecule has 6 rings (SSSR count). The van der Waals surface area contributed by atoms with Gasteiger partial charge in [0.05, 0.1) is 25.5 Å². The Balaban J connectivity index is 1.41. The average molecular weight is 390 g/mol. The molecule has 0 aliphatic rings. The molecule has 0 fully saturated rings. The monoisotopic (exact) mass is 390 g/mol. The highest BCUT2D eigenvalue weighted by atomic mass is 15.6. The van der Waals surface area contributed by atoms with Crippen molar-refractivity contribution in [3.63, 3.8) is 0 Å². The van der Waals surface area contributed by atoms with Crippen LogP contribution < -0.4 is 18.8 Å². The van der Waals surface area contributed by atoms with Crippen LogP contribution in [0.3, 0.4) is 0 Å². The van der Waals surface area contributed by atoms with Gasteiger partial charge in [-0.15, -0.1) is 0 Å². The molecule has 0 atom stereocenters. The first kappa shape index (κ1) is 16.6. The largest absolute Gasteiger partial charge is 0.284 e. The van der Waals surface area contributed by atoms with E-state index in [2.05, 4.69) is 63.7 Å². The Hall–Kier alpha value is -4.32. The van der Waals surface area contributed by atoms with Crippen molar-refractivity contribution in [3.8, 4) is 0 Å². The van der Waals surface area contributed by atoms with E-state index in [4.69, 9.17) is 0 Å². The number of pyridine rings is 4. The molecular formula is C24H18N6+4. The van der Waals surface area contributed by atoms with Gasteiger partial charge in [-0.2, -0.15) is 0 Å². The van der Waals surface area contributed by atoms with E-state index in [-0.39, 0.29) is 0 Å². The van der Waals surface area contributed by atoms with E-state index in [0.717, 1.165) is 26.9 Å². The van der Waals surface area contributed by atoms with Crippen molar-refractivity contribution in [2.45, 2.75) is 0 Å². The molecule has 0 bridgehead atoms. The van der Waals surface area contributed by atoms with Gasteiger partial charge in [-0.1, -0.05) is 18.2 Å². The van der Waals surface area contributed by atoms with Crippen molar-refractivity contribution in [1.82, 2.24) is 10.1 Å². The summed E-state index contributed by atoms with van der Waals surface area (Å²) in [4.78, 5) is 6.06. The topological polar surface area (TPSA) is 41.3 Å². The molecule has 6 nitrogen and oxygen atoms in total. The Morgan fingerprint density at radius 3 is 1.97 bits per heavy atom. The summed E-state index contributed by atoms with van der Waals surface area (Å²) >= 11 is 0. The van der Waals surface area contributed by atoms with Gasteiger partial charge >= 0.3 is 0 Å². The Morgan fingerprint density at radius 1 is 0.500 bits per heavy atom. The minimum atomic E-state index is 1.09. The standard InChI is InChI=1S/C24H18N6/c1-2-4-21-18-30(26-14-20(21)3-1)29-12-8-22-15-27(11-7-23(22)16-29)28-10-6-19-5-9-25-13-24(19)17-28/h1-18H/q+4. The fourth-order valence-corrected chi connectivity index (χ4v) is 3.70. The molecule has 0 saturated heterocycles. The van der Waals surface area contributed by atoms with Crippen LogP contribution in [0.25, 0.3) is 32.3 Å². The van der Waals surface area contributed by atoms with Crippen molar-refractivity contribution >= 4 is 32.3 Å². The first-order chi connectivity index (χ1) is 14.8. The molecule has 30 heavy (non-hydrogen) atoms. The van der Waals surface area contributed by atoms with Crippen molar-refractivity contribution < 1.29 is 18.8 Å². The lowest BCUT2D eigenvalue weighted by Crippen LogP contribution is -2.68. The molecule has 0 amide bonds. The summed E-state index contributed by atoms with van der Waals surface area (Å²) in [7, 11) is 0. The first-order valence-corrected chi connectivity index (χ1v) is 9.73. The molecule has 6 aromatic rings. The highest BCUT2D eigenvalue weighted by Crippen LogP contribution is 2.10. The minimum absolute atomic E-state index is 1.09. The zero-order chi connectivity index (χ0) is 19.9. The Kier molecular flexibility index (Phi) is 3.67. The normalized spacial score (nSPS) is 11.3. The minimum Gasteiger partial charge on any atom is -0.264 e. The van der Waals surface area contributed by atoms with Crippen molar-refractivity contribution in [2.24, 2.45) is 0 Å². The van der Waals surface area contributed by atoms with Crippen LogP contribution in [0.4, 0.5) is 0 Å². The van der Waals surface area contributed by atoms with E-state index in [9.17, 15) is 0 Å². The average Bonchev–Trinajstić information content (AvgIpc) is 2.83. The van der Waals surface area contributed by atoms with Crippen LogP contribution in [0, 0.1) is 0 Å². The van der Waals surface area contributed by atoms with Crippen molar-refractivity contribution in [3.05, 3.63) is 110 Å². The van der Waals surface area contributed by atoms with E-state index >= 15 is 0 Å². The molecule has 0 spiro atoms. The molecule has 0 unspecified atom stereocenters. The van der Waals surface area contributed by atoms with Gasteiger partial charge in [0.15, 0.2) is 17.2 Å². The number of rotatable bonds is 2. The number of nitrogens with zero attached hydrogens (tertiary/aromatic N) is 6. The second-order valence-corrected chi connectivity index (χ2v) is 7.21. The summed E-state index contributed by atoms with van der Waals surface area (Å²) in [6, 6.07) is 16.5. The van der Waals surface area contributed by atoms with Crippen LogP contribution >= 0.6 is 0 Å². The van der Waals surface area contributed by atoms with Crippen LogP contribution in [0.1, 0.15) is 0 Å². The number of benzene rings is 1. The number of fused-ring (bicyclic) bond motifs is 3. The second kappa shape index (κ2) is 6.63. The molecule has 1 aromatic carbocycles. The highest BCUT2D eigenvalue weighted by molar-refractivity contribution is 5.80. The zero-order valence-electron chi connectivity index (χ0n) is 16.1. The highest BCUT2D eigenvalue weighted by Gasteiger charge is 2.19. The van der Waals surface area contributed by atoms with Crippen LogP contribution in [0.2, 0.25) is 0 Å². The third-order valence-corrected chi connectivity index (χ3v) is 5.32. The Morgan fingerprint density at radius 2 is 1.13 bits per heavy atom. The van der Waals surface area contributed by atoms with Crippen LogP contribution in [0.15, 0.2) is 110 Å². The SMILES string of the molecule is c1ccc2c[n+](-[n+]3ccc4c[n+](-[n+]5ccc6ccncc6c5)ccc4c3)ncc2c1. The molecule has 6 heteroatoms. The maximum atomic E-state index is 4.54. The van der Waals surface area contributed by atoms with Gasteiger partial charge < -0.3 is 0 Å². The predicted octanol–water partition coefficient (Wildman–Crippen LogP) is 1.71. The molecule has 0 N–H and O–H groups in total. The number of hydrogen-bond acceptors (Lipinski definition) is 2. The van der Waals surface area contributed by atoms with Crippen molar-refractivity contribution in [1.29, 1.82) is 0 Å². The van der Waals surface area contributed by atoms with Gasteiger partial charge in [0, 0.05) is 40.0 Å². The maximum absolute atomic E-state index is 4.54. The summed E-state index contributed by atoms with van der Waals surface area (Å²) < 4.78 is 6.08. The summed E-state index contributed by atoms with van der Waals surface area (Å²) in [5, 5.41) is 11.3. The summed E-state index contributed by atoms with van der Waals surface area (Å²) in [5.41, 5.74) is 0. The van der Waals surface area contributed by atoms with E-state index in [1.165, 1.54) is 5.39 Å². The lowest BCUT2D eigenvalue weighted by molar-refractivity contribution is -1.32. The number of aromatic nitrogens is 6. The summed E-state index contributed by atoms with van der Waals surface area (Å²) in [5.74, 6) is 0. The Bertz CT molecular complexity index is 1440. The van der Waals surface area contributed by atoms with E-state index < -0.39 is 0 Å². The van der Waals surface area contributed by atoms with E-state index in [0.29, 0.717) is 0 Å². The van der Waals surface area contributed by atoms with Crippen molar-refractivity contribution in [2.75, 3.05) is 0 Å². The molecule has 140 valence electrons. The third-order valence-electron chi connectivity index (χ3n) is 5.32. The maximum Gasteiger partial charge on any atom is 0.284 e. The fourth-order valence-electron chi connectivity index (χ4n) is 3.70. The second-order valence-electron chi connectivity index (χ2n) is 7.21. The van der Waals surface area contributed by atoms with E-state index in [1.54, 1.807) is 0 Å². The quantitative estimate of drug-likeness (QED) is 0.423. The van der Waals surface area contributed by atoms with Gasteiger partial charge in [-0.25, -0.2) is 0 Å². The Labute approximate surface area is 172 Å². The van der Waals surface area contributed by atoms with E-state index in [1.807, 2.05) is 75.7 Å². The third kappa shape index (κ3) is 2.82.